The van der Waals surface area contributed by atoms with Crippen molar-refractivity contribution in [3.63, 3.8) is 0 Å². The van der Waals surface area contributed by atoms with E-state index in [1.807, 2.05) is 6.07 Å². The molecule has 8 heteroatoms. The van der Waals surface area contributed by atoms with Gasteiger partial charge in [-0.05, 0) is 79.2 Å². The van der Waals surface area contributed by atoms with E-state index >= 15 is 0 Å². The van der Waals surface area contributed by atoms with Crippen LogP contribution in [0.1, 0.15) is 76.3 Å². The number of carbonyl (C=O) groups excluding carboxylic acids is 1. The first-order chi connectivity index (χ1) is 17.0. The van der Waals surface area contributed by atoms with E-state index in [-0.39, 0.29) is 35.0 Å². The van der Waals surface area contributed by atoms with Gasteiger partial charge in [0.05, 0.1) is 17.9 Å². The van der Waals surface area contributed by atoms with Crippen molar-refractivity contribution in [2.24, 2.45) is 22.5 Å². The van der Waals surface area contributed by atoms with Crippen molar-refractivity contribution in [2.45, 2.75) is 89.1 Å². The molecule has 1 saturated heterocycles. The number of sulfonamides is 1. The molecular weight excluding hydrogens is 472 g/mol. The van der Waals surface area contributed by atoms with Gasteiger partial charge in [0.1, 0.15) is 0 Å². The minimum absolute atomic E-state index is 0.0749. The molecule has 1 amide bonds. The Morgan fingerprint density at radius 3 is 2.64 bits per heavy atom. The van der Waals surface area contributed by atoms with Crippen molar-refractivity contribution in [3.05, 3.63) is 35.4 Å². The first-order valence-electron chi connectivity index (χ1n) is 13.5. The molecule has 1 aliphatic heterocycles. The van der Waals surface area contributed by atoms with Gasteiger partial charge in [-0.15, -0.1) is 0 Å². The minimum atomic E-state index is -3.50. The number of hydrogen-bond acceptors (Lipinski definition) is 5. The molecule has 3 fully saturated rings. The fraction of sp³-hybridized carbons (Fsp3) is 0.714. The van der Waals surface area contributed by atoms with E-state index in [1.165, 1.54) is 11.1 Å². The van der Waals surface area contributed by atoms with Crippen LogP contribution in [0.5, 0.6) is 0 Å². The number of amides is 1. The predicted molar refractivity (Wildman–Crippen MR) is 139 cm³/mol. The summed E-state index contributed by atoms with van der Waals surface area (Å²) in [5, 5.41) is 12.0. The van der Waals surface area contributed by atoms with Gasteiger partial charge in [-0.1, -0.05) is 38.1 Å². The van der Waals surface area contributed by atoms with Gasteiger partial charge in [0.2, 0.25) is 15.9 Å². The summed E-state index contributed by atoms with van der Waals surface area (Å²) >= 11 is 0. The van der Waals surface area contributed by atoms with Gasteiger partial charge in [-0.2, -0.15) is 5.26 Å². The molecule has 4 aliphatic rings. The average Bonchev–Trinajstić information content (AvgIpc) is 3.39. The van der Waals surface area contributed by atoms with E-state index in [0.29, 0.717) is 25.4 Å². The zero-order chi connectivity index (χ0) is 25.8. The quantitative estimate of drug-likeness (QED) is 0.582. The highest BCUT2D eigenvalue weighted by Gasteiger charge is 2.66. The number of hydrogen-bond donors (Lipinski definition) is 2. The predicted octanol–water partition coefficient (Wildman–Crippen LogP) is 3.24. The first kappa shape index (κ1) is 25.7. The van der Waals surface area contributed by atoms with Crippen molar-refractivity contribution in [3.8, 4) is 6.07 Å². The van der Waals surface area contributed by atoms with Crippen LogP contribution < -0.4 is 11.1 Å². The van der Waals surface area contributed by atoms with Crippen molar-refractivity contribution in [2.75, 3.05) is 18.8 Å². The number of benzene rings is 1. The molecule has 2 bridgehead atoms. The van der Waals surface area contributed by atoms with Gasteiger partial charge in [-0.3, -0.25) is 4.79 Å². The van der Waals surface area contributed by atoms with Crippen LogP contribution in [0.4, 0.5) is 0 Å². The molecule has 4 atom stereocenters. The molecule has 5 rings (SSSR count). The monoisotopic (exact) mass is 512 g/mol. The van der Waals surface area contributed by atoms with Crippen molar-refractivity contribution >= 4 is 15.9 Å². The number of nitriles is 1. The summed E-state index contributed by atoms with van der Waals surface area (Å²) in [6.45, 7) is 5.49. The maximum absolute atomic E-state index is 13.9. The standard InChI is InChI=1S/C28H40N4O3S/c1-26(2)21-10-12-28(26,24(18-21)31-25(33)23(30)8-5-15-29)19-36(34,35)32-16-13-27(14-17-32)11-9-20-6-3-4-7-22(20)27/h3-4,6-7,21,23-24H,5,8-14,16-19,30H2,1-2H3,(H,31,33)/t21-,23?,24+,28-/m1/s1. The molecule has 0 aromatic heterocycles. The second kappa shape index (κ2) is 9.11. The fourth-order valence-corrected chi connectivity index (χ4v) is 10.4. The summed E-state index contributed by atoms with van der Waals surface area (Å²) in [6.07, 6.45) is 7.06. The van der Waals surface area contributed by atoms with Crippen molar-refractivity contribution in [1.29, 1.82) is 5.26 Å². The van der Waals surface area contributed by atoms with E-state index in [9.17, 15) is 13.2 Å². The lowest BCUT2D eigenvalue weighted by molar-refractivity contribution is -0.124. The highest BCUT2D eigenvalue weighted by molar-refractivity contribution is 7.89. The van der Waals surface area contributed by atoms with Crippen LogP contribution in [0.2, 0.25) is 0 Å². The Balaban J connectivity index is 1.31. The summed E-state index contributed by atoms with van der Waals surface area (Å²) < 4.78 is 29.6. The fourth-order valence-electron chi connectivity index (χ4n) is 8.15. The lowest BCUT2D eigenvalue weighted by atomic mass is 9.69. The number of nitrogens with two attached hydrogens (primary N) is 1. The van der Waals surface area contributed by atoms with Crippen LogP contribution in [-0.2, 0) is 26.7 Å². The Hall–Kier alpha value is -1.95. The molecule has 196 valence electrons. The third-order valence-electron chi connectivity index (χ3n) is 10.6. The lowest BCUT2D eigenvalue weighted by Gasteiger charge is -2.45. The number of piperidine rings is 1. The van der Waals surface area contributed by atoms with E-state index in [1.54, 1.807) is 4.31 Å². The highest BCUT2D eigenvalue weighted by atomic mass is 32.2. The minimum Gasteiger partial charge on any atom is -0.351 e. The molecule has 36 heavy (non-hydrogen) atoms. The normalized spacial score (nSPS) is 31.2. The smallest absolute Gasteiger partial charge is 0.237 e. The lowest BCUT2D eigenvalue weighted by Crippen LogP contribution is -2.57. The summed E-state index contributed by atoms with van der Waals surface area (Å²) in [5.74, 6) is 0.189. The molecule has 1 unspecified atom stereocenters. The molecule has 7 nitrogen and oxygen atoms in total. The molecule has 1 heterocycles. The van der Waals surface area contributed by atoms with Gasteiger partial charge >= 0.3 is 0 Å². The summed E-state index contributed by atoms with van der Waals surface area (Å²) in [4.78, 5) is 12.8. The molecule has 1 aromatic rings. The molecule has 2 saturated carbocycles. The maximum atomic E-state index is 13.9. The van der Waals surface area contributed by atoms with Crippen LogP contribution in [-0.4, -0.2) is 49.6 Å². The Morgan fingerprint density at radius 1 is 1.22 bits per heavy atom. The SMILES string of the molecule is CC1(C)[C@@H]2CC[C@@]1(CS(=O)(=O)N1CCC3(CCc4ccccc43)CC1)[C@@H](NC(=O)C(N)CCC#N)C2. The van der Waals surface area contributed by atoms with Gasteiger partial charge < -0.3 is 11.1 Å². The topological polar surface area (TPSA) is 116 Å². The van der Waals surface area contributed by atoms with E-state index in [2.05, 4.69) is 43.4 Å². The molecule has 0 radical (unpaired) electrons. The zero-order valence-electron chi connectivity index (χ0n) is 21.6. The van der Waals surface area contributed by atoms with Crippen molar-refractivity contribution < 1.29 is 13.2 Å². The molecular formula is C28H40N4O3S. The van der Waals surface area contributed by atoms with E-state index < -0.39 is 21.5 Å². The molecule has 3 N–H and O–H groups in total. The number of nitrogens with one attached hydrogen (secondary N) is 1. The van der Waals surface area contributed by atoms with Crippen LogP contribution in [0, 0.1) is 28.1 Å². The highest BCUT2D eigenvalue weighted by Crippen LogP contribution is 2.66. The van der Waals surface area contributed by atoms with Crippen molar-refractivity contribution in [1.82, 2.24) is 9.62 Å². The number of carbonyl (C=O) groups is 1. The zero-order valence-corrected chi connectivity index (χ0v) is 22.4. The van der Waals surface area contributed by atoms with Crippen LogP contribution in [0.25, 0.3) is 0 Å². The van der Waals surface area contributed by atoms with Gasteiger partial charge in [0, 0.05) is 31.0 Å². The summed E-state index contributed by atoms with van der Waals surface area (Å²) in [6, 6.07) is 9.74. The second-order valence-electron chi connectivity index (χ2n) is 12.3. The summed E-state index contributed by atoms with van der Waals surface area (Å²) in [5.41, 5.74) is 8.30. The van der Waals surface area contributed by atoms with E-state index in [0.717, 1.165) is 44.9 Å². The number of nitrogens with zero attached hydrogens (tertiary/aromatic N) is 2. The number of aryl methyl sites for hydroxylation is 1. The molecule has 1 spiro atoms. The first-order valence-corrected chi connectivity index (χ1v) is 15.1. The maximum Gasteiger partial charge on any atom is 0.237 e. The Bertz CT molecular complexity index is 1170. The van der Waals surface area contributed by atoms with Crippen LogP contribution in [0.3, 0.4) is 0 Å². The Labute approximate surface area is 215 Å². The third kappa shape index (κ3) is 3.99. The van der Waals surface area contributed by atoms with Crippen LogP contribution in [0.15, 0.2) is 24.3 Å². The average molecular weight is 513 g/mol. The van der Waals surface area contributed by atoms with Gasteiger partial charge in [0.25, 0.3) is 0 Å². The number of fused-ring (bicyclic) bond motifs is 4. The Kier molecular flexibility index (Phi) is 6.50. The Morgan fingerprint density at radius 2 is 1.94 bits per heavy atom. The second-order valence-corrected chi connectivity index (χ2v) is 14.3. The van der Waals surface area contributed by atoms with Gasteiger partial charge in [0.15, 0.2) is 0 Å². The van der Waals surface area contributed by atoms with Crippen LogP contribution >= 0.6 is 0 Å². The molecule has 1 aromatic carbocycles. The van der Waals surface area contributed by atoms with E-state index in [4.69, 9.17) is 11.0 Å². The largest absolute Gasteiger partial charge is 0.351 e. The molecule has 3 aliphatic carbocycles. The number of rotatable bonds is 7. The third-order valence-corrected chi connectivity index (χ3v) is 12.7. The van der Waals surface area contributed by atoms with Gasteiger partial charge in [-0.25, -0.2) is 12.7 Å². The summed E-state index contributed by atoms with van der Waals surface area (Å²) in [7, 11) is -3.50.